The van der Waals surface area contributed by atoms with Gasteiger partial charge in [-0.05, 0) is 43.5 Å². The summed E-state index contributed by atoms with van der Waals surface area (Å²) >= 11 is 5.84. The fourth-order valence-corrected chi connectivity index (χ4v) is 2.58. The van der Waals surface area contributed by atoms with Crippen LogP contribution >= 0.6 is 11.6 Å². The maximum Gasteiger partial charge on any atom is 0.317 e. The maximum atomic E-state index is 12.1. The number of anilines is 1. The molecule has 1 N–H and O–H groups in total. The van der Waals surface area contributed by atoms with Crippen LogP contribution in [-0.4, -0.2) is 18.4 Å². The molecule has 0 amide bonds. The fourth-order valence-electron chi connectivity index (χ4n) is 2.45. The second kappa shape index (κ2) is 6.76. The summed E-state index contributed by atoms with van der Waals surface area (Å²) < 4.78 is 4.96. The molecule has 0 saturated carbocycles. The van der Waals surface area contributed by atoms with Gasteiger partial charge in [-0.1, -0.05) is 18.5 Å². The number of hydrogen-bond donors (Lipinski definition) is 1. The molecule has 0 aromatic heterocycles. The molecule has 0 saturated heterocycles. The van der Waals surface area contributed by atoms with Gasteiger partial charge in [0.05, 0.1) is 6.61 Å². The summed E-state index contributed by atoms with van der Waals surface area (Å²) in [5.41, 5.74) is 1.66. The van der Waals surface area contributed by atoms with Crippen molar-refractivity contribution in [2.75, 3.05) is 11.9 Å². The summed E-state index contributed by atoms with van der Waals surface area (Å²) in [5.74, 6) is -1.42. The molecular formula is C16H18ClNO3. The standard InChI is InChI=1S/C16H18ClNO3/c1-3-21-16(20)15-10(2)8-13(9-14(15)19)18-12-6-4-11(17)5-7-12/h4-7,9-10,15,18H,3,8H2,1-2H3. The highest BCUT2D eigenvalue weighted by Gasteiger charge is 2.36. The maximum absolute atomic E-state index is 12.1. The third-order valence-electron chi connectivity index (χ3n) is 3.42. The Morgan fingerprint density at radius 3 is 2.62 bits per heavy atom. The van der Waals surface area contributed by atoms with Gasteiger partial charge in [0.15, 0.2) is 5.78 Å². The van der Waals surface area contributed by atoms with Gasteiger partial charge < -0.3 is 10.1 Å². The second-order valence-electron chi connectivity index (χ2n) is 5.11. The highest BCUT2D eigenvalue weighted by molar-refractivity contribution is 6.30. The molecule has 5 heteroatoms. The van der Waals surface area contributed by atoms with Crippen LogP contribution in [-0.2, 0) is 14.3 Å². The zero-order valence-corrected chi connectivity index (χ0v) is 12.8. The molecule has 0 spiro atoms. The van der Waals surface area contributed by atoms with Crippen LogP contribution in [0.3, 0.4) is 0 Å². The Kier molecular flexibility index (Phi) is 5.02. The summed E-state index contributed by atoms with van der Waals surface area (Å²) in [6.07, 6.45) is 2.12. The molecule has 0 aliphatic heterocycles. The number of esters is 1. The first-order valence-corrected chi connectivity index (χ1v) is 7.32. The summed E-state index contributed by atoms with van der Waals surface area (Å²) in [5, 5.41) is 3.85. The predicted molar refractivity (Wildman–Crippen MR) is 82.1 cm³/mol. The van der Waals surface area contributed by atoms with E-state index in [9.17, 15) is 9.59 Å². The van der Waals surface area contributed by atoms with Crippen LogP contribution in [0.5, 0.6) is 0 Å². The lowest BCUT2D eigenvalue weighted by molar-refractivity contribution is -0.152. The van der Waals surface area contributed by atoms with Crippen LogP contribution in [0.15, 0.2) is 36.0 Å². The van der Waals surface area contributed by atoms with Crippen molar-refractivity contribution in [1.29, 1.82) is 0 Å². The van der Waals surface area contributed by atoms with E-state index >= 15 is 0 Å². The zero-order chi connectivity index (χ0) is 15.4. The van der Waals surface area contributed by atoms with Gasteiger partial charge in [-0.15, -0.1) is 0 Å². The number of ketones is 1. The molecule has 0 bridgehead atoms. The van der Waals surface area contributed by atoms with Crippen molar-refractivity contribution < 1.29 is 14.3 Å². The van der Waals surface area contributed by atoms with E-state index in [1.165, 1.54) is 6.08 Å². The van der Waals surface area contributed by atoms with E-state index in [1.54, 1.807) is 19.1 Å². The topological polar surface area (TPSA) is 55.4 Å². The highest BCUT2D eigenvalue weighted by atomic mass is 35.5. The quantitative estimate of drug-likeness (QED) is 0.684. The molecule has 1 aliphatic carbocycles. The van der Waals surface area contributed by atoms with Crippen LogP contribution in [0.2, 0.25) is 5.02 Å². The number of benzene rings is 1. The Labute approximate surface area is 129 Å². The van der Waals surface area contributed by atoms with Crippen LogP contribution < -0.4 is 5.32 Å². The molecule has 2 rings (SSSR count). The Bertz CT molecular complexity index is 565. The van der Waals surface area contributed by atoms with E-state index in [1.807, 2.05) is 19.1 Å². The summed E-state index contributed by atoms with van der Waals surface area (Å²) in [6.45, 7) is 3.91. The van der Waals surface area contributed by atoms with Crippen molar-refractivity contribution >= 4 is 29.0 Å². The third kappa shape index (κ3) is 3.85. The van der Waals surface area contributed by atoms with Crippen molar-refractivity contribution in [1.82, 2.24) is 0 Å². The largest absolute Gasteiger partial charge is 0.465 e. The molecule has 0 fully saturated rings. The average molecular weight is 308 g/mol. The van der Waals surface area contributed by atoms with Crippen LogP contribution in [0, 0.1) is 11.8 Å². The van der Waals surface area contributed by atoms with E-state index < -0.39 is 11.9 Å². The van der Waals surface area contributed by atoms with Crippen LogP contribution in [0.4, 0.5) is 5.69 Å². The molecule has 1 aromatic rings. The van der Waals surface area contributed by atoms with Gasteiger partial charge in [-0.3, -0.25) is 9.59 Å². The molecule has 1 aliphatic rings. The van der Waals surface area contributed by atoms with Gasteiger partial charge in [0.25, 0.3) is 0 Å². The molecule has 0 heterocycles. The SMILES string of the molecule is CCOC(=O)C1C(=O)C=C(Nc2ccc(Cl)cc2)CC1C. The lowest BCUT2D eigenvalue weighted by Crippen LogP contribution is -2.34. The molecular weight excluding hydrogens is 290 g/mol. The number of carbonyl (C=O) groups excluding carboxylic acids is 2. The summed E-state index contributed by atoms with van der Waals surface area (Å²) in [6, 6.07) is 7.24. The van der Waals surface area contributed by atoms with E-state index in [2.05, 4.69) is 5.32 Å². The zero-order valence-electron chi connectivity index (χ0n) is 12.1. The molecule has 2 atom stereocenters. The first kappa shape index (κ1) is 15.6. The van der Waals surface area contributed by atoms with Gasteiger partial charge in [-0.2, -0.15) is 0 Å². The van der Waals surface area contributed by atoms with E-state index in [-0.39, 0.29) is 18.3 Å². The number of halogens is 1. The van der Waals surface area contributed by atoms with Crippen molar-refractivity contribution in [2.45, 2.75) is 20.3 Å². The summed E-state index contributed by atoms with van der Waals surface area (Å²) in [4.78, 5) is 24.0. The van der Waals surface area contributed by atoms with Gasteiger partial charge in [0.2, 0.25) is 0 Å². The van der Waals surface area contributed by atoms with Gasteiger partial charge in [0, 0.05) is 22.5 Å². The Morgan fingerprint density at radius 1 is 1.38 bits per heavy atom. The first-order chi connectivity index (χ1) is 10.0. The number of rotatable bonds is 4. The fraction of sp³-hybridized carbons (Fsp3) is 0.375. The Morgan fingerprint density at radius 2 is 2.05 bits per heavy atom. The first-order valence-electron chi connectivity index (χ1n) is 6.95. The lowest BCUT2D eigenvalue weighted by Gasteiger charge is -2.26. The number of hydrogen-bond acceptors (Lipinski definition) is 4. The van der Waals surface area contributed by atoms with Crippen molar-refractivity contribution in [3.05, 3.63) is 41.1 Å². The molecule has 1 aromatic carbocycles. The van der Waals surface area contributed by atoms with Crippen LogP contribution in [0.25, 0.3) is 0 Å². The number of nitrogens with one attached hydrogen (secondary N) is 1. The normalized spacial score (nSPS) is 21.7. The highest BCUT2D eigenvalue weighted by Crippen LogP contribution is 2.29. The minimum atomic E-state index is -0.694. The van der Waals surface area contributed by atoms with E-state index in [0.717, 1.165) is 11.4 Å². The van der Waals surface area contributed by atoms with Crippen molar-refractivity contribution in [2.24, 2.45) is 11.8 Å². The van der Waals surface area contributed by atoms with Gasteiger partial charge in [-0.25, -0.2) is 0 Å². The van der Waals surface area contributed by atoms with Gasteiger partial charge in [0.1, 0.15) is 5.92 Å². The van der Waals surface area contributed by atoms with Gasteiger partial charge >= 0.3 is 5.97 Å². The van der Waals surface area contributed by atoms with E-state index in [0.29, 0.717) is 11.4 Å². The van der Waals surface area contributed by atoms with Crippen LogP contribution in [0.1, 0.15) is 20.3 Å². The van der Waals surface area contributed by atoms with Crippen molar-refractivity contribution in [3.63, 3.8) is 0 Å². The van der Waals surface area contributed by atoms with Crippen molar-refractivity contribution in [3.8, 4) is 0 Å². The van der Waals surface area contributed by atoms with E-state index in [4.69, 9.17) is 16.3 Å². The minimum Gasteiger partial charge on any atom is -0.465 e. The molecule has 21 heavy (non-hydrogen) atoms. The molecule has 0 radical (unpaired) electrons. The number of allylic oxidation sites excluding steroid dienone is 2. The summed E-state index contributed by atoms with van der Waals surface area (Å²) in [7, 11) is 0. The smallest absolute Gasteiger partial charge is 0.317 e. The Hall–Kier alpha value is -1.81. The minimum absolute atomic E-state index is 0.0867. The molecule has 2 unspecified atom stereocenters. The number of carbonyl (C=O) groups is 2. The number of ether oxygens (including phenoxy) is 1. The monoisotopic (exact) mass is 307 g/mol. The predicted octanol–water partition coefficient (Wildman–Crippen LogP) is 3.42. The Balaban J connectivity index is 2.10. The second-order valence-corrected chi connectivity index (χ2v) is 5.55. The third-order valence-corrected chi connectivity index (χ3v) is 3.68. The molecule has 112 valence electrons. The lowest BCUT2D eigenvalue weighted by atomic mass is 9.82. The molecule has 4 nitrogen and oxygen atoms in total. The average Bonchev–Trinajstić information content (AvgIpc) is 2.41.